The first kappa shape index (κ1) is 14.1. The molecule has 1 unspecified atom stereocenters. The van der Waals surface area contributed by atoms with Gasteiger partial charge in [0.15, 0.2) is 6.29 Å². The average molecular weight is 238 g/mol. The van der Waals surface area contributed by atoms with Gasteiger partial charge < -0.3 is 9.47 Å². The van der Waals surface area contributed by atoms with Crippen LogP contribution in [0.4, 0.5) is 0 Å². The van der Waals surface area contributed by atoms with Crippen LogP contribution >= 0.6 is 0 Å². The van der Waals surface area contributed by atoms with Crippen molar-refractivity contribution >= 4 is 0 Å². The first-order valence-corrected chi connectivity index (χ1v) is 5.70. The van der Waals surface area contributed by atoms with E-state index >= 15 is 0 Å². The fourth-order valence-corrected chi connectivity index (χ4v) is 1.92. The van der Waals surface area contributed by atoms with Gasteiger partial charge >= 0.3 is 0 Å². The molecule has 0 radical (unpaired) electrons. The molecule has 0 bridgehead atoms. The number of hydrogen-bond donors (Lipinski definition) is 2. The maximum Gasteiger partial charge on any atom is 0.173 e. The van der Waals surface area contributed by atoms with Gasteiger partial charge in [-0.05, 0) is 31.4 Å². The number of nitrogens with one attached hydrogen (secondary N) is 1. The van der Waals surface area contributed by atoms with Gasteiger partial charge in [0.1, 0.15) is 0 Å². The second-order valence-electron chi connectivity index (χ2n) is 4.25. The lowest BCUT2D eigenvalue weighted by Crippen LogP contribution is -2.47. The van der Waals surface area contributed by atoms with Crippen LogP contribution in [0.2, 0.25) is 0 Å². The van der Waals surface area contributed by atoms with Crippen LogP contribution in [0.1, 0.15) is 16.7 Å². The highest BCUT2D eigenvalue weighted by molar-refractivity contribution is 5.31. The molecule has 0 saturated carbocycles. The van der Waals surface area contributed by atoms with Gasteiger partial charge in [-0.25, -0.2) is 0 Å². The van der Waals surface area contributed by atoms with Crippen LogP contribution in [0.5, 0.6) is 0 Å². The largest absolute Gasteiger partial charge is 0.354 e. The molecule has 3 N–H and O–H groups in total. The first-order valence-electron chi connectivity index (χ1n) is 5.70. The average Bonchev–Trinajstić information content (AvgIpc) is 2.33. The molecule has 17 heavy (non-hydrogen) atoms. The minimum absolute atomic E-state index is 0.0644. The smallest absolute Gasteiger partial charge is 0.173 e. The first-order chi connectivity index (χ1) is 8.12. The Bertz CT molecular complexity index is 351. The summed E-state index contributed by atoms with van der Waals surface area (Å²) < 4.78 is 10.5. The van der Waals surface area contributed by atoms with Gasteiger partial charge in [-0.15, -0.1) is 0 Å². The standard InChI is InChI=1S/C13H22N2O2/c1-9-5-6-10(2)11(7-9)8-12(15-14)13(16-3)17-4/h5-7,12-13,15H,8,14H2,1-4H3. The van der Waals surface area contributed by atoms with E-state index in [-0.39, 0.29) is 12.3 Å². The zero-order valence-electron chi connectivity index (χ0n) is 11.0. The lowest BCUT2D eigenvalue weighted by atomic mass is 9.99. The second-order valence-corrected chi connectivity index (χ2v) is 4.25. The van der Waals surface area contributed by atoms with Crippen molar-refractivity contribution in [1.29, 1.82) is 0 Å². The Balaban J connectivity index is 2.83. The van der Waals surface area contributed by atoms with E-state index in [9.17, 15) is 0 Å². The molecule has 0 spiro atoms. The molecule has 0 amide bonds. The number of ether oxygens (including phenoxy) is 2. The van der Waals surface area contributed by atoms with Crippen molar-refractivity contribution in [1.82, 2.24) is 5.43 Å². The third-order valence-corrected chi connectivity index (χ3v) is 2.95. The second kappa shape index (κ2) is 6.71. The van der Waals surface area contributed by atoms with Crippen molar-refractivity contribution in [2.75, 3.05) is 14.2 Å². The molecule has 0 aromatic heterocycles. The Kier molecular flexibility index (Phi) is 5.58. The van der Waals surface area contributed by atoms with Gasteiger partial charge in [-0.2, -0.15) is 0 Å². The molecule has 0 aliphatic rings. The van der Waals surface area contributed by atoms with E-state index in [0.29, 0.717) is 0 Å². The van der Waals surface area contributed by atoms with Gasteiger partial charge in [0.2, 0.25) is 0 Å². The minimum Gasteiger partial charge on any atom is -0.354 e. The van der Waals surface area contributed by atoms with E-state index in [1.54, 1.807) is 14.2 Å². The van der Waals surface area contributed by atoms with Crippen molar-refractivity contribution < 1.29 is 9.47 Å². The number of hydrazine groups is 1. The maximum atomic E-state index is 5.55. The molecular weight excluding hydrogens is 216 g/mol. The normalized spacial score (nSPS) is 13.1. The summed E-state index contributed by atoms with van der Waals surface area (Å²) in [4.78, 5) is 0. The minimum atomic E-state index is -0.347. The number of nitrogens with two attached hydrogens (primary N) is 1. The van der Waals surface area contributed by atoms with E-state index in [1.807, 2.05) is 0 Å². The summed E-state index contributed by atoms with van der Waals surface area (Å²) in [6, 6.07) is 6.33. The number of hydrogen-bond acceptors (Lipinski definition) is 4. The molecule has 0 fully saturated rings. The Labute approximate surface area is 103 Å². The molecule has 0 aliphatic carbocycles. The molecule has 1 atom stereocenters. The van der Waals surface area contributed by atoms with Crippen LogP contribution in [-0.2, 0) is 15.9 Å². The third-order valence-electron chi connectivity index (χ3n) is 2.95. The molecule has 96 valence electrons. The summed E-state index contributed by atoms with van der Waals surface area (Å²) in [7, 11) is 3.23. The number of methoxy groups -OCH3 is 2. The molecular formula is C13H22N2O2. The fourth-order valence-electron chi connectivity index (χ4n) is 1.92. The lowest BCUT2D eigenvalue weighted by molar-refractivity contribution is -0.122. The summed E-state index contributed by atoms with van der Waals surface area (Å²) >= 11 is 0. The van der Waals surface area contributed by atoms with Crippen LogP contribution in [0.3, 0.4) is 0 Å². The Morgan fingerprint density at radius 1 is 1.24 bits per heavy atom. The van der Waals surface area contributed by atoms with Crippen LogP contribution in [0.25, 0.3) is 0 Å². The van der Waals surface area contributed by atoms with Crippen molar-refractivity contribution in [2.24, 2.45) is 5.84 Å². The van der Waals surface area contributed by atoms with Gasteiger partial charge in [-0.1, -0.05) is 23.8 Å². The monoisotopic (exact) mass is 238 g/mol. The molecule has 1 aromatic rings. The molecule has 0 heterocycles. The SMILES string of the molecule is COC(OC)C(Cc1cc(C)ccc1C)NN. The zero-order chi connectivity index (χ0) is 12.8. The highest BCUT2D eigenvalue weighted by Crippen LogP contribution is 2.15. The summed E-state index contributed by atoms with van der Waals surface area (Å²) in [6.45, 7) is 4.18. The lowest BCUT2D eigenvalue weighted by Gasteiger charge is -2.24. The molecule has 4 heteroatoms. The summed E-state index contributed by atoms with van der Waals surface area (Å²) in [5, 5.41) is 0. The molecule has 1 aromatic carbocycles. The topological polar surface area (TPSA) is 56.5 Å². The summed E-state index contributed by atoms with van der Waals surface area (Å²) in [5.41, 5.74) is 6.50. The molecule has 0 aliphatic heterocycles. The predicted molar refractivity (Wildman–Crippen MR) is 68.5 cm³/mol. The number of rotatable bonds is 6. The Hall–Kier alpha value is -0.940. The summed E-state index contributed by atoms with van der Waals surface area (Å²) in [5.74, 6) is 5.55. The van der Waals surface area contributed by atoms with Crippen molar-refractivity contribution in [3.8, 4) is 0 Å². The maximum absolute atomic E-state index is 5.55. The van der Waals surface area contributed by atoms with Gasteiger partial charge in [0.05, 0.1) is 6.04 Å². The summed E-state index contributed by atoms with van der Waals surface area (Å²) in [6.07, 6.45) is 0.427. The van der Waals surface area contributed by atoms with Gasteiger partial charge in [-0.3, -0.25) is 11.3 Å². The zero-order valence-corrected chi connectivity index (χ0v) is 11.0. The third kappa shape index (κ3) is 3.78. The highest BCUT2D eigenvalue weighted by Gasteiger charge is 2.20. The van der Waals surface area contributed by atoms with Crippen LogP contribution in [0, 0.1) is 13.8 Å². The van der Waals surface area contributed by atoms with Crippen molar-refractivity contribution in [2.45, 2.75) is 32.6 Å². The van der Waals surface area contributed by atoms with E-state index in [0.717, 1.165) is 6.42 Å². The van der Waals surface area contributed by atoms with E-state index < -0.39 is 0 Å². The van der Waals surface area contributed by atoms with E-state index in [4.69, 9.17) is 15.3 Å². The van der Waals surface area contributed by atoms with Crippen LogP contribution in [-0.4, -0.2) is 26.6 Å². The predicted octanol–water partition coefficient (Wildman–Crippen LogP) is 1.30. The van der Waals surface area contributed by atoms with Crippen molar-refractivity contribution in [3.05, 3.63) is 34.9 Å². The van der Waals surface area contributed by atoms with Crippen LogP contribution in [0.15, 0.2) is 18.2 Å². The Morgan fingerprint density at radius 2 is 1.88 bits per heavy atom. The number of benzene rings is 1. The van der Waals surface area contributed by atoms with E-state index in [2.05, 4.69) is 37.5 Å². The van der Waals surface area contributed by atoms with E-state index in [1.165, 1.54) is 16.7 Å². The highest BCUT2D eigenvalue weighted by atomic mass is 16.7. The van der Waals surface area contributed by atoms with Gasteiger partial charge in [0.25, 0.3) is 0 Å². The molecule has 1 rings (SSSR count). The van der Waals surface area contributed by atoms with Crippen LogP contribution < -0.4 is 11.3 Å². The molecule has 4 nitrogen and oxygen atoms in total. The fraction of sp³-hybridized carbons (Fsp3) is 0.538. The van der Waals surface area contributed by atoms with Gasteiger partial charge in [0, 0.05) is 14.2 Å². The van der Waals surface area contributed by atoms with Crippen molar-refractivity contribution in [3.63, 3.8) is 0 Å². The Morgan fingerprint density at radius 3 is 2.41 bits per heavy atom. The quantitative estimate of drug-likeness (QED) is 0.445. The molecule has 0 saturated heterocycles. The number of aryl methyl sites for hydroxylation is 2.